The lowest BCUT2D eigenvalue weighted by atomic mass is 10.2. The molecule has 0 fully saturated rings. The van der Waals surface area contributed by atoms with Gasteiger partial charge in [-0.3, -0.25) is 0 Å². The van der Waals surface area contributed by atoms with Gasteiger partial charge in [0, 0.05) is 21.6 Å². The summed E-state index contributed by atoms with van der Waals surface area (Å²) in [6.45, 7) is 4.64. The maximum Gasteiger partial charge on any atom is 0.0502 e. The van der Waals surface area contributed by atoms with Crippen LogP contribution in [0.15, 0.2) is 27.7 Å². The van der Waals surface area contributed by atoms with Crippen LogP contribution >= 0.6 is 39.1 Å². The molecule has 0 bridgehead atoms. The summed E-state index contributed by atoms with van der Waals surface area (Å²) in [6, 6.07) is 3.90. The standard InChI is InChI=1S/C11H12BrCl2N/c1-7(5-13)6-15-11-4-10(14)8(2)3-9(11)12/h3-5,15H,6H2,1-2H3/b7-5-. The Balaban J connectivity index is 2.82. The second-order valence-electron chi connectivity index (χ2n) is 3.39. The first-order valence-corrected chi connectivity index (χ1v) is 6.10. The summed E-state index contributed by atoms with van der Waals surface area (Å²) < 4.78 is 1.01. The molecule has 1 N–H and O–H groups in total. The molecule has 4 heteroatoms. The van der Waals surface area contributed by atoms with Crippen LogP contribution in [0.5, 0.6) is 0 Å². The molecular formula is C11H12BrCl2N. The first-order chi connectivity index (χ1) is 7.04. The fourth-order valence-electron chi connectivity index (χ4n) is 1.05. The van der Waals surface area contributed by atoms with E-state index in [0.29, 0.717) is 6.54 Å². The van der Waals surface area contributed by atoms with E-state index >= 15 is 0 Å². The minimum absolute atomic E-state index is 0.710. The molecule has 0 unspecified atom stereocenters. The molecule has 15 heavy (non-hydrogen) atoms. The van der Waals surface area contributed by atoms with Crippen molar-refractivity contribution in [3.05, 3.63) is 38.3 Å². The molecule has 0 aromatic heterocycles. The molecule has 0 radical (unpaired) electrons. The van der Waals surface area contributed by atoms with Crippen LogP contribution in [0.25, 0.3) is 0 Å². The van der Waals surface area contributed by atoms with Gasteiger partial charge in [0.25, 0.3) is 0 Å². The topological polar surface area (TPSA) is 12.0 Å². The van der Waals surface area contributed by atoms with E-state index in [2.05, 4.69) is 21.2 Å². The number of hydrogen-bond donors (Lipinski definition) is 1. The largest absolute Gasteiger partial charge is 0.380 e. The Labute approximate surface area is 109 Å². The fraction of sp³-hybridized carbons (Fsp3) is 0.273. The smallest absolute Gasteiger partial charge is 0.0502 e. The molecule has 0 spiro atoms. The van der Waals surface area contributed by atoms with E-state index in [4.69, 9.17) is 23.2 Å². The van der Waals surface area contributed by atoms with E-state index in [1.54, 1.807) is 5.54 Å². The Bertz CT molecular complexity index is 388. The third-order valence-corrected chi connectivity index (χ3v) is 3.43. The average molecular weight is 309 g/mol. The Kier molecular flexibility index (Phi) is 4.97. The first kappa shape index (κ1) is 12.9. The first-order valence-electron chi connectivity index (χ1n) is 4.50. The highest BCUT2D eigenvalue weighted by atomic mass is 79.9. The number of benzene rings is 1. The molecular weight excluding hydrogens is 297 g/mol. The molecule has 82 valence electrons. The number of halogens is 3. The lowest BCUT2D eigenvalue weighted by Crippen LogP contribution is -2.03. The van der Waals surface area contributed by atoms with Crippen LogP contribution in [0.4, 0.5) is 5.69 Å². The van der Waals surface area contributed by atoms with Gasteiger partial charge >= 0.3 is 0 Å². The van der Waals surface area contributed by atoms with Gasteiger partial charge < -0.3 is 5.32 Å². The zero-order valence-electron chi connectivity index (χ0n) is 8.57. The van der Waals surface area contributed by atoms with Crippen molar-refractivity contribution < 1.29 is 0 Å². The molecule has 0 aliphatic heterocycles. The summed E-state index contributed by atoms with van der Waals surface area (Å²) in [7, 11) is 0. The molecule has 0 aliphatic carbocycles. The predicted octanol–water partition coefficient (Wildman–Crippen LogP) is 4.97. The van der Waals surface area contributed by atoms with Crippen LogP contribution in [0.1, 0.15) is 12.5 Å². The Morgan fingerprint density at radius 2 is 2.20 bits per heavy atom. The summed E-state index contributed by atoms with van der Waals surface area (Å²) in [6.07, 6.45) is 0. The van der Waals surface area contributed by atoms with Crippen LogP contribution in [-0.4, -0.2) is 6.54 Å². The van der Waals surface area contributed by atoms with E-state index in [1.165, 1.54) is 0 Å². The minimum Gasteiger partial charge on any atom is -0.380 e. The van der Waals surface area contributed by atoms with Crippen molar-refractivity contribution in [2.45, 2.75) is 13.8 Å². The highest BCUT2D eigenvalue weighted by Gasteiger charge is 2.03. The molecule has 0 amide bonds. The van der Waals surface area contributed by atoms with Crippen LogP contribution < -0.4 is 5.32 Å². The minimum atomic E-state index is 0.710. The van der Waals surface area contributed by atoms with Crippen molar-refractivity contribution in [3.8, 4) is 0 Å². The van der Waals surface area contributed by atoms with Crippen LogP contribution in [0.3, 0.4) is 0 Å². The van der Waals surface area contributed by atoms with Crippen LogP contribution in [0, 0.1) is 6.92 Å². The maximum absolute atomic E-state index is 6.03. The normalized spacial score (nSPS) is 11.7. The third kappa shape index (κ3) is 3.71. The van der Waals surface area contributed by atoms with E-state index < -0.39 is 0 Å². The van der Waals surface area contributed by atoms with Gasteiger partial charge in [-0.2, -0.15) is 0 Å². The zero-order valence-corrected chi connectivity index (χ0v) is 11.7. The molecule has 0 atom stereocenters. The second-order valence-corrected chi connectivity index (χ2v) is 4.87. The van der Waals surface area contributed by atoms with Crippen LogP contribution in [0.2, 0.25) is 5.02 Å². The predicted molar refractivity (Wildman–Crippen MR) is 72.0 cm³/mol. The van der Waals surface area contributed by atoms with E-state index in [0.717, 1.165) is 26.3 Å². The van der Waals surface area contributed by atoms with Crippen molar-refractivity contribution in [1.29, 1.82) is 0 Å². The Hall–Kier alpha value is -0.180. The Morgan fingerprint density at radius 1 is 1.53 bits per heavy atom. The monoisotopic (exact) mass is 307 g/mol. The van der Waals surface area contributed by atoms with Crippen molar-refractivity contribution in [3.63, 3.8) is 0 Å². The van der Waals surface area contributed by atoms with Crippen molar-refractivity contribution in [2.75, 3.05) is 11.9 Å². The second kappa shape index (κ2) is 5.78. The average Bonchev–Trinajstić information content (AvgIpc) is 2.21. The highest BCUT2D eigenvalue weighted by Crippen LogP contribution is 2.29. The number of nitrogens with one attached hydrogen (secondary N) is 1. The van der Waals surface area contributed by atoms with Gasteiger partial charge in [-0.25, -0.2) is 0 Å². The van der Waals surface area contributed by atoms with Crippen LogP contribution in [-0.2, 0) is 0 Å². The van der Waals surface area contributed by atoms with Gasteiger partial charge in [-0.15, -0.1) is 0 Å². The summed E-state index contributed by atoms with van der Waals surface area (Å²) in [5.74, 6) is 0. The number of rotatable bonds is 3. The molecule has 1 aromatic rings. The third-order valence-electron chi connectivity index (χ3n) is 1.99. The molecule has 0 heterocycles. The quantitative estimate of drug-likeness (QED) is 0.831. The molecule has 0 saturated carbocycles. The molecule has 1 aromatic carbocycles. The lowest BCUT2D eigenvalue weighted by Gasteiger charge is -2.10. The number of hydrogen-bond acceptors (Lipinski definition) is 1. The number of aryl methyl sites for hydroxylation is 1. The van der Waals surface area contributed by atoms with Crippen molar-refractivity contribution in [2.24, 2.45) is 0 Å². The summed E-state index contributed by atoms with van der Waals surface area (Å²) in [4.78, 5) is 0. The molecule has 1 rings (SSSR count). The van der Waals surface area contributed by atoms with E-state index in [1.807, 2.05) is 26.0 Å². The SMILES string of the molecule is C/C(=C/Cl)CNc1cc(Cl)c(C)cc1Br. The Morgan fingerprint density at radius 3 is 2.80 bits per heavy atom. The van der Waals surface area contributed by atoms with E-state index in [-0.39, 0.29) is 0 Å². The van der Waals surface area contributed by atoms with Gasteiger partial charge in [-0.05, 0) is 53.0 Å². The molecule has 0 aliphatic rings. The van der Waals surface area contributed by atoms with E-state index in [9.17, 15) is 0 Å². The highest BCUT2D eigenvalue weighted by molar-refractivity contribution is 9.10. The number of anilines is 1. The maximum atomic E-state index is 6.03. The van der Waals surface area contributed by atoms with Gasteiger partial charge in [0.15, 0.2) is 0 Å². The fourth-order valence-corrected chi connectivity index (χ4v) is 1.89. The van der Waals surface area contributed by atoms with Gasteiger partial charge in [0.05, 0.1) is 5.69 Å². The summed E-state index contributed by atoms with van der Waals surface area (Å²) in [5.41, 5.74) is 4.67. The van der Waals surface area contributed by atoms with Crippen molar-refractivity contribution >= 4 is 44.8 Å². The van der Waals surface area contributed by atoms with Crippen molar-refractivity contribution in [1.82, 2.24) is 0 Å². The molecule has 1 nitrogen and oxygen atoms in total. The summed E-state index contributed by atoms with van der Waals surface area (Å²) >= 11 is 15.1. The summed E-state index contributed by atoms with van der Waals surface area (Å²) in [5, 5.41) is 4.01. The zero-order chi connectivity index (χ0) is 11.4. The van der Waals surface area contributed by atoms with Gasteiger partial charge in [0.1, 0.15) is 0 Å². The lowest BCUT2D eigenvalue weighted by molar-refractivity contribution is 1.21. The molecule has 0 saturated heterocycles. The van der Waals surface area contributed by atoms with Gasteiger partial charge in [-0.1, -0.05) is 23.2 Å². The van der Waals surface area contributed by atoms with Gasteiger partial charge in [0.2, 0.25) is 0 Å².